The van der Waals surface area contributed by atoms with Gasteiger partial charge in [-0.15, -0.1) is 12.4 Å². The molecule has 2 nitrogen and oxygen atoms in total. The van der Waals surface area contributed by atoms with Crippen molar-refractivity contribution in [2.75, 3.05) is 6.54 Å². The van der Waals surface area contributed by atoms with Crippen molar-refractivity contribution in [3.8, 4) is 0 Å². The van der Waals surface area contributed by atoms with Crippen molar-refractivity contribution in [2.45, 2.75) is 19.5 Å². The highest BCUT2D eigenvalue weighted by Gasteiger charge is 2.09. The summed E-state index contributed by atoms with van der Waals surface area (Å²) in [5.41, 5.74) is 2.80. The summed E-state index contributed by atoms with van der Waals surface area (Å²) < 4.78 is 2.44. The molecule has 3 rings (SSSR count). The Morgan fingerprint density at radius 1 is 1.20 bits per heavy atom. The van der Waals surface area contributed by atoms with E-state index in [2.05, 4.69) is 40.2 Å². The third-order valence-corrected chi connectivity index (χ3v) is 2.94. The Labute approximate surface area is 95.7 Å². The van der Waals surface area contributed by atoms with E-state index in [-0.39, 0.29) is 12.4 Å². The second-order valence-corrected chi connectivity index (χ2v) is 3.88. The number of benzene rings is 1. The van der Waals surface area contributed by atoms with Gasteiger partial charge in [-0.1, -0.05) is 18.2 Å². The molecule has 2 heterocycles. The fourth-order valence-corrected chi connectivity index (χ4v) is 2.26. The molecule has 1 aromatic heterocycles. The van der Waals surface area contributed by atoms with Crippen molar-refractivity contribution in [1.29, 1.82) is 0 Å². The molecule has 0 aliphatic carbocycles. The SMILES string of the molecule is Cl.c1ccc2c(c1)cc1n2CCCNC1. The summed E-state index contributed by atoms with van der Waals surface area (Å²) in [5, 5.41) is 4.81. The van der Waals surface area contributed by atoms with Crippen LogP contribution in [-0.2, 0) is 13.1 Å². The highest BCUT2D eigenvalue weighted by Crippen LogP contribution is 2.21. The lowest BCUT2D eigenvalue weighted by Gasteiger charge is -2.04. The quantitative estimate of drug-likeness (QED) is 0.725. The molecule has 0 unspecified atom stereocenters. The van der Waals surface area contributed by atoms with Crippen LogP contribution in [0.2, 0.25) is 0 Å². The van der Waals surface area contributed by atoms with Gasteiger partial charge in [0.05, 0.1) is 0 Å². The van der Waals surface area contributed by atoms with E-state index in [4.69, 9.17) is 0 Å². The van der Waals surface area contributed by atoms with Crippen molar-refractivity contribution in [2.24, 2.45) is 0 Å². The molecule has 0 amide bonds. The van der Waals surface area contributed by atoms with Crippen molar-refractivity contribution in [3.63, 3.8) is 0 Å². The van der Waals surface area contributed by atoms with E-state index in [0.717, 1.165) is 19.6 Å². The van der Waals surface area contributed by atoms with E-state index in [1.807, 2.05) is 0 Å². The molecule has 15 heavy (non-hydrogen) atoms. The summed E-state index contributed by atoms with van der Waals surface area (Å²) in [4.78, 5) is 0. The first-order valence-electron chi connectivity index (χ1n) is 5.23. The molecule has 1 aromatic carbocycles. The number of aryl methyl sites for hydroxylation is 1. The summed E-state index contributed by atoms with van der Waals surface area (Å²) in [6.45, 7) is 3.29. The van der Waals surface area contributed by atoms with Gasteiger partial charge >= 0.3 is 0 Å². The Bertz CT molecular complexity index is 462. The zero-order valence-electron chi connectivity index (χ0n) is 8.57. The Hall–Kier alpha value is -0.990. The molecule has 1 aliphatic heterocycles. The Morgan fingerprint density at radius 3 is 3.00 bits per heavy atom. The summed E-state index contributed by atoms with van der Waals surface area (Å²) >= 11 is 0. The number of para-hydroxylation sites is 1. The van der Waals surface area contributed by atoms with Gasteiger partial charge < -0.3 is 9.88 Å². The van der Waals surface area contributed by atoms with E-state index >= 15 is 0 Å². The van der Waals surface area contributed by atoms with Crippen molar-refractivity contribution >= 4 is 23.3 Å². The summed E-state index contributed by atoms with van der Waals surface area (Å²) in [6.07, 6.45) is 1.23. The summed E-state index contributed by atoms with van der Waals surface area (Å²) in [6, 6.07) is 10.9. The van der Waals surface area contributed by atoms with Crippen LogP contribution in [0.1, 0.15) is 12.1 Å². The number of halogens is 1. The molecule has 3 heteroatoms. The zero-order chi connectivity index (χ0) is 9.38. The first kappa shape index (κ1) is 10.5. The van der Waals surface area contributed by atoms with Crippen LogP contribution in [0.15, 0.2) is 30.3 Å². The predicted molar refractivity (Wildman–Crippen MR) is 65.5 cm³/mol. The van der Waals surface area contributed by atoms with Gasteiger partial charge in [0.25, 0.3) is 0 Å². The van der Waals surface area contributed by atoms with E-state index in [0.29, 0.717) is 0 Å². The van der Waals surface area contributed by atoms with Crippen molar-refractivity contribution in [1.82, 2.24) is 9.88 Å². The van der Waals surface area contributed by atoms with Gasteiger partial charge in [0.15, 0.2) is 0 Å². The lowest BCUT2D eigenvalue weighted by molar-refractivity contribution is 0.654. The maximum absolute atomic E-state index is 3.44. The second kappa shape index (κ2) is 4.25. The molecule has 0 saturated carbocycles. The maximum Gasteiger partial charge on any atom is 0.0482 e. The van der Waals surface area contributed by atoms with E-state index in [9.17, 15) is 0 Å². The van der Waals surface area contributed by atoms with Crippen LogP contribution in [0.25, 0.3) is 10.9 Å². The smallest absolute Gasteiger partial charge is 0.0482 e. The molecule has 0 radical (unpaired) electrons. The zero-order valence-corrected chi connectivity index (χ0v) is 9.39. The molecular weight excluding hydrogens is 208 g/mol. The van der Waals surface area contributed by atoms with Crippen LogP contribution < -0.4 is 5.32 Å². The molecule has 0 spiro atoms. The minimum Gasteiger partial charge on any atom is -0.343 e. The highest BCUT2D eigenvalue weighted by atomic mass is 35.5. The van der Waals surface area contributed by atoms with Crippen LogP contribution in [0.3, 0.4) is 0 Å². The monoisotopic (exact) mass is 222 g/mol. The van der Waals surface area contributed by atoms with Crippen molar-refractivity contribution < 1.29 is 0 Å². The number of hydrogen-bond donors (Lipinski definition) is 1. The standard InChI is InChI=1S/C12H14N2.ClH/c1-2-5-12-10(4-1)8-11-9-13-6-3-7-14(11)12;/h1-2,4-5,8,13H,3,6-7,9H2;1H. The Balaban J connectivity index is 0.000000853. The first-order valence-corrected chi connectivity index (χ1v) is 5.23. The topological polar surface area (TPSA) is 17.0 Å². The fraction of sp³-hybridized carbons (Fsp3) is 0.333. The highest BCUT2D eigenvalue weighted by molar-refractivity contribution is 5.85. The maximum atomic E-state index is 3.44. The number of fused-ring (bicyclic) bond motifs is 3. The van der Waals surface area contributed by atoms with Gasteiger partial charge in [-0.2, -0.15) is 0 Å². The lowest BCUT2D eigenvalue weighted by atomic mass is 10.2. The number of aromatic nitrogens is 1. The molecule has 0 saturated heterocycles. The molecule has 80 valence electrons. The van der Waals surface area contributed by atoms with Gasteiger partial charge in [0, 0.05) is 24.3 Å². The predicted octanol–water partition coefficient (Wildman–Crippen LogP) is 2.56. The molecular formula is C12H15ClN2. The van der Waals surface area contributed by atoms with Crippen molar-refractivity contribution in [3.05, 3.63) is 36.0 Å². The Kier molecular flexibility index (Phi) is 2.98. The number of nitrogens with one attached hydrogen (secondary N) is 1. The van der Waals surface area contributed by atoms with Crippen LogP contribution >= 0.6 is 12.4 Å². The average molecular weight is 223 g/mol. The van der Waals surface area contributed by atoms with Crippen LogP contribution in [0.5, 0.6) is 0 Å². The van der Waals surface area contributed by atoms with Crippen LogP contribution in [0, 0.1) is 0 Å². The summed E-state index contributed by atoms with van der Waals surface area (Å²) in [5.74, 6) is 0. The minimum atomic E-state index is 0. The molecule has 0 atom stereocenters. The number of hydrogen-bond acceptors (Lipinski definition) is 1. The van der Waals surface area contributed by atoms with Crippen LogP contribution in [-0.4, -0.2) is 11.1 Å². The number of nitrogens with zero attached hydrogens (tertiary/aromatic N) is 1. The fourth-order valence-electron chi connectivity index (χ4n) is 2.26. The third-order valence-electron chi connectivity index (χ3n) is 2.94. The van der Waals surface area contributed by atoms with Gasteiger partial charge in [-0.25, -0.2) is 0 Å². The van der Waals surface area contributed by atoms with E-state index < -0.39 is 0 Å². The van der Waals surface area contributed by atoms with Gasteiger partial charge in [-0.05, 0) is 30.5 Å². The molecule has 0 fully saturated rings. The van der Waals surface area contributed by atoms with Gasteiger partial charge in [-0.3, -0.25) is 0 Å². The normalized spacial score (nSPS) is 15.5. The minimum absolute atomic E-state index is 0. The average Bonchev–Trinajstić information content (AvgIpc) is 2.42. The van der Waals surface area contributed by atoms with Gasteiger partial charge in [0.2, 0.25) is 0 Å². The Morgan fingerprint density at radius 2 is 2.07 bits per heavy atom. The molecule has 1 aliphatic rings. The molecule has 0 bridgehead atoms. The molecule has 2 aromatic rings. The summed E-state index contributed by atoms with van der Waals surface area (Å²) in [7, 11) is 0. The lowest BCUT2D eigenvalue weighted by Crippen LogP contribution is -2.11. The largest absolute Gasteiger partial charge is 0.343 e. The number of rotatable bonds is 0. The second-order valence-electron chi connectivity index (χ2n) is 3.88. The third kappa shape index (κ3) is 1.75. The van der Waals surface area contributed by atoms with E-state index in [1.54, 1.807) is 0 Å². The molecule has 1 N–H and O–H groups in total. The first-order chi connectivity index (χ1) is 6.95. The van der Waals surface area contributed by atoms with Crippen LogP contribution in [0.4, 0.5) is 0 Å². The van der Waals surface area contributed by atoms with Gasteiger partial charge in [0.1, 0.15) is 0 Å². The van der Waals surface area contributed by atoms with E-state index in [1.165, 1.54) is 23.0 Å².